The number of aromatic nitrogens is 4. The van der Waals surface area contributed by atoms with Gasteiger partial charge in [0.05, 0.1) is 22.9 Å². The van der Waals surface area contributed by atoms with Crippen molar-refractivity contribution in [3.05, 3.63) is 74.4 Å². The van der Waals surface area contributed by atoms with Gasteiger partial charge in [-0.05, 0) is 56.9 Å². The minimum Gasteiger partial charge on any atom is -0.493 e. The number of hydrogen-bond acceptors (Lipinski definition) is 8. The Morgan fingerprint density at radius 2 is 2.05 bits per heavy atom. The first-order valence-electron chi connectivity index (χ1n) is 13.0. The van der Waals surface area contributed by atoms with E-state index in [1.807, 2.05) is 6.92 Å². The van der Waals surface area contributed by atoms with Gasteiger partial charge in [-0.15, -0.1) is 5.10 Å². The van der Waals surface area contributed by atoms with Gasteiger partial charge in [0.25, 0.3) is 15.6 Å². The predicted molar refractivity (Wildman–Crippen MR) is 157 cm³/mol. The predicted octanol–water partition coefficient (Wildman–Crippen LogP) is 5.51. The summed E-state index contributed by atoms with van der Waals surface area (Å²) in [6.07, 6.45) is 8.15. The van der Waals surface area contributed by atoms with Crippen molar-refractivity contribution < 1.29 is 13.2 Å². The van der Waals surface area contributed by atoms with Crippen LogP contribution in [0.5, 0.6) is 5.75 Å². The first-order chi connectivity index (χ1) is 18.7. The largest absolute Gasteiger partial charge is 0.493 e. The third-order valence-corrected chi connectivity index (χ3v) is 8.44. The minimum absolute atomic E-state index is 0.0544. The molecule has 1 aromatic carbocycles. The highest BCUT2D eigenvalue weighted by atomic mass is 32.2. The molecule has 0 saturated heterocycles. The van der Waals surface area contributed by atoms with E-state index in [2.05, 4.69) is 28.2 Å². The van der Waals surface area contributed by atoms with E-state index in [1.54, 1.807) is 48.2 Å². The van der Waals surface area contributed by atoms with Gasteiger partial charge in [0.2, 0.25) is 0 Å². The molecular weight excluding hydrogens is 536 g/mol. The van der Waals surface area contributed by atoms with E-state index in [1.165, 1.54) is 22.7 Å². The van der Waals surface area contributed by atoms with Gasteiger partial charge < -0.3 is 14.6 Å². The highest BCUT2D eigenvalue weighted by molar-refractivity contribution is 8.06. The Morgan fingerprint density at radius 3 is 2.72 bits per heavy atom. The molecule has 12 heteroatoms. The molecule has 39 heavy (non-hydrogen) atoms. The van der Waals surface area contributed by atoms with Crippen LogP contribution < -0.4 is 15.0 Å². The quantitative estimate of drug-likeness (QED) is 0.274. The van der Waals surface area contributed by atoms with E-state index in [0.717, 1.165) is 31.5 Å². The summed E-state index contributed by atoms with van der Waals surface area (Å²) in [6.45, 7) is 11.7. The number of aromatic amines is 1. The number of fused-ring (bicyclic) bond motifs is 1. The summed E-state index contributed by atoms with van der Waals surface area (Å²) in [4.78, 5) is 22.1. The third kappa shape index (κ3) is 6.06. The smallest absolute Gasteiger partial charge is 0.277 e. The molecule has 0 fully saturated rings. The van der Waals surface area contributed by atoms with Crippen LogP contribution in [-0.4, -0.2) is 39.5 Å². The molecule has 208 valence electrons. The molecule has 0 saturated carbocycles. The number of rotatable bonds is 12. The van der Waals surface area contributed by atoms with Crippen molar-refractivity contribution in [3.63, 3.8) is 0 Å². The Labute approximate surface area is 232 Å². The van der Waals surface area contributed by atoms with Crippen molar-refractivity contribution in [2.45, 2.75) is 59.8 Å². The SMILES string of the molecule is C=C1SC=CN1/C(=C\C)S(=O)(=O)Nc1ccc(OCC)c(-c2nn3c(CCCCCC)nc(C)c3c(=O)[nH]2)c1. The Balaban J connectivity index is 1.74. The zero-order valence-electron chi connectivity index (χ0n) is 22.7. The fourth-order valence-corrected chi connectivity index (χ4v) is 6.38. The summed E-state index contributed by atoms with van der Waals surface area (Å²) in [6, 6.07) is 4.87. The maximum Gasteiger partial charge on any atom is 0.277 e. The molecule has 2 aromatic heterocycles. The number of sulfonamides is 1. The number of H-pyrrole nitrogens is 1. The molecule has 4 rings (SSSR count). The van der Waals surface area contributed by atoms with Gasteiger partial charge in [-0.1, -0.05) is 44.5 Å². The van der Waals surface area contributed by atoms with Crippen molar-refractivity contribution >= 4 is 33.0 Å². The van der Waals surface area contributed by atoms with E-state index in [4.69, 9.17) is 9.84 Å². The molecule has 1 aliphatic heterocycles. The van der Waals surface area contributed by atoms with Crippen LogP contribution in [0.25, 0.3) is 16.9 Å². The molecule has 1 aliphatic rings. The van der Waals surface area contributed by atoms with Crippen molar-refractivity contribution in [1.82, 2.24) is 24.5 Å². The number of ether oxygens (including phenoxy) is 1. The standard InChI is InChI=1S/C27H34N6O4S2/c1-6-9-10-11-12-23-28-18(4)25-27(34)29-26(30-33(23)25)21-17-20(13-14-22(21)37-8-3)31-39(35,36)24(7-2)32-15-16-38-19(32)5/h7,13-17,31H,5-6,8-12H2,1-4H3,(H,29,30,34)/b24-7+. The van der Waals surface area contributed by atoms with E-state index >= 15 is 0 Å². The van der Waals surface area contributed by atoms with Crippen LogP contribution in [0, 0.1) is 6.92 Å². The van der Waals surface area contributed by atoms with Crippen LogP contribution in [0.1, 0.15) is 58.0 Å². The van der Waals surface area contributed by atoms with Crippen LogP contribution in [0.15, 0.2) is 57.3 Å². The second kappa shape index (κ2) is 12.1. The minimum atomic E-state index is -3.96. The van der Waals surface area contributed by atoms with Gasteiger partial charge in [0.1, 0.15) is 11.6 Å². The summed E-state index contributed by atoms with van der Waals surface area (Å²) in [7, 11) is -3.96. The summed E-state index contributed by atoms with van der Waals surface area (Å²) in [5, 5.41) is 7.13. The van der Waals surface area contributed by atoms with Gasteiger partial charge in [0, 0.05) is 18.3 Å². The number of nitrogens with one attached hydrogen (secondary N) is 2. The number of hydrogen-bond donors (Lipinski definition) is 2. The number of aryl methyl sites for hydroxylation is 2. The number of imidazole rings is 1. The van der Waals surface area contributed by atoms with Crippen molar-refractivity contribution in [2.24, 2.45) is 0 Å². The highest BCUT2D eigenvalue weighted by Gasteiger charge is 2.27. The molecule has 0 unspecified atom stereocenters. The van der Waals surface area contributed by atoms with Gasteiger partial charge >= 0.3 is 0 Å². The summed E-state index contributed by atoms with van der Waals surface area (Å²) in [5.41, 5.74) is 1.42. The number of allylic oxidation sites excluding steroid dienone is 1. The van der Waals surface area contributed by atoms with Crippen LogP contribution in [0.2, 0.25) is 0 Å². The Bertz CT molecular complexity index is 1600. The molecule has 10 nitrogen and oxygen atoms in total. The molecule has 2 N–H and O–H groups in total. The molecule has 3 aromatic rings. The molecule has 0 aliphatic carbocycles. The van der Waals surface area contributed by atoms with Crippen molar-refractivity contribution in [1.29, 1.82) is 0 Å². The number of thioether (sulfide) groups is 1. The number of unbranched alkanes of at least 4 members (excludes halogenated alkanes) is 3. The first kappa shape index (κ1) is 28.5. The van der Waals surface area contributed by atoms with E-state index < -0.39 is 10.0 Å². The monoisotopic (exact) mass is 570 g/mol. The number of benzene rings is 1. The lowest BCUT2D eigenvalue weighted by atomic mass is 10.1. The Kier molecular flexibility index (Phi) is 8.86. The Hall–Kier alpha value is -3.51. The Morgan fingerprint density at radius 1 is 1.26 bits per heavy atom. The van der Waals surface area contributed by atoms with Crippen LogP contribution >= 0.6 is 11.8 Å². The molecule has 0 bridgehead atoms. The van der Waals surface area contributed by atoms with E-state index in [-0.39, 0.29) is 16.4 Å². The fraction of sp³-hybridized carbons (Fsp3) is 0.370. The average Bonchev–Trinajstić information content (AvgIpc) is 3.45. The first-order valence-corrected chi connectivity index (χ1v) is 15.3. The van der Waals surface area contributed by atoms with Crippen molar-refractivity contribution in [2.75, 3.05) is 11.3 Å². The second-order valence-corrected chi connectivity index (χ2v) is 11.6. The van der Waals surface area contributed by atoms with Crippen LogP contribution in [0.3, 0.4) is 0 Å². The average molecular weight is 571 g/mol. The molecule has 3 heterocycles. The second-order valence-electron chi connectivity index (χ2n) is 9.03. The van der Waals surface area contributed by atoms with E-state index in [0.29, 0.717) is 46.3 Å². The molecule has 0 radical (unpaired) electrons. The number of nitrogens with zero attached hydrogens (tertiary/aromatic N) is 4. The zero-order chi connectivity index (χ0) is 28.2. The third-order valence-electron chi connectivity index (χ3n) is 6.23. The lowest BCUT2D eigenvalue weighted by Gasteiger charge is -2.21. The maximum absolute atomic E-state index is 13.3. The summed E-state index contributed by atoms with van der Waals surface area (Å²) < 4.78 is 36.7. The van der Waals surface area contributed by atoms with Crippen molar-refractivity contribution in [3.8, 4) is 17.1 Å². The summed E-state index contributed by atoms with van der Waals surface area (Å²) in [5.74, 6) is 1.43. The number of anilines is 1. The lowest BCUT2D eigenvalue weighted by molar-refractivity contribution is 0.341. The molecular formula is C27H34N6O4S2. The van der Waals surface area contributed by atoms with Gasteiger partial charge in [-0.2, -0.15) is 8.42 Å². The fourth-order valence-electron chi connectivity index (χ4n) is 4.43. The highest BCUT2D eigenvalue weighted by Crippen LogP contribution is 2.35. The topological polar surface area (TPSA) is 122 Å². The van der Waals surface area contributed by atoms with Gasteiger partial charge in [0.15, 0.2) is 16.4 Å². The van der Waals surface area contributed by atoms with Gasteiger partial charge in [-0.3, -0.25) is 9.52 Å². The van der Waals surface area contributed by atoms with Crippen LogP contribution in [0.4, 0.5) is 5.69 Å². The van der Waals surface area contributed by atoms with Gasteiger partial charge in [-0.25, -0.2) is 9.50 Å². The molecule has 0 amide bonds. The normalized spacial score (nSPS) is 14.0. The zero-order valence-corrected chi connectivity index (χ0v) is 24.3. The lowest BCUT2D eigenvalue weighted by Crippen LogP contribution is -2.24. The van der Waals surface area contributed by atoms with Crippen LogP contribution in [-0.2, 0) is 16.4 Å². The molecule has 0 spiro atoms. The van der Waals surface area contributed by atoms with E-state index in [9.17, 15) is 13.2 Å². The maximum atomic E-state index is 13.3. The summed E-state index contributed by atoms with van der Waals surface area (Å²) >= 11 is 1.34. The molecule has 0 atom stereocenters.